The first kappa shape index (κ1) is 19.3. The van der Waals surface area contributed by atoms with Crippen LogP contribution >= 0.6 is 34.9 Å². The van der Waals surface area contributed by atoms with Crippen LogP contribution in [0.15, 0.2) is 35.6 Å². The van der Waals surface area contributed by atoms with Gasteiger partial charge in [0.25, 0.3) is 0 Å². The third-order valence-corrected chi connectivity index (χ3v) is 7.32. The Balaban J connectivity index is 1.45. The molecule has 1 aliphatic heterocycles. The van der Waals surface area contributed by atoms with Crippen LogP contribution in [0.3, 0.4) is 0 Å². The van der Waals surface area contributed by atoms with E-state index in [9.17, 15) is 4.79 Å². The number of methoxy groups -OCH3 is 1. The van der Waals surface area contributed by atoms with E-state index < -0.39 is 0 Å². The molecule has 7 nitrogen and oxygen atoms in total. The Kier molecular flexibility index (Phi) is 6.18. The average molecular weight is 434 g/mol. The lowest BCUT2D eigenvalue weighted by atomic mass is 10.3. The Morgan fingerprint density at radius 3 is 2.93 bits per heavy atom. The maximum atomic E-state index is 12.4. The van der Waals surface area contributed by atoms with Gasteiger partial charge in [0.15, 0.2) is 10.8 Å². The van der Waals surface area contributed by atoms with Crippen molar-refractivity contribution < 1.29 is 9.53 Å². The largest absolute Gasteiger partial charge is 0.495 e. The number of ether oxygens (including phenoxy) is 1. The molecule has 1 aliphatic rings. The van der Waals surface area contributed by atoms with Crippen LogP contribution in [0.4, 0.5) is 10.8 Å². The van der Waals surface area contributed by atoms with E-state index in [1.807, 2.05) is 36.0 Å². The van der Waals surface area contributed by atoms with E-state index in [0.29, 0.717) is 17.1 Å². The molecule has 1 aromatic carbocycles. The lowest BCUT2D eigenvalue weighted by Crippen LogP contribution is -2.32. The molecule has 0 aliphatic carbocycles. The van der Waals surface area contributed by atoms with Crippen molar-refractivity contribution in [2.24, 2.45) is 0 Å². The summed E-state index contributed by atoms with van der Waals surface area (Å²) < 4.78 is 6.21. The molecule has 1 N–H and O–H groups in total. The van der Waals surface area contributed by atoms with E-state index in [0.717, 1.165) is 39.5 Å². The third-order valence-electron chi connectivity index (χ3n) is 4.15. The fourth-order valence-corrected chi connectivity index (χ4v) is 5.63. The number of rotatable bonds is 6. The van der Waals surface area contributed by atoms with Crippen molar-refractivity contribution in [3.8, 4) is 5.75 Å². The summed E-state index contributed by atoms with van der Waals surface area (Å²) in [6.45, 7) is 2.00. The Hall–Kier alpha value is -2.04. The van der Waals surface area contributed by atoms with Gasteiger partial charge in [0.1, 0.15) is 21.8 Å². The summed E-state index contributed by atoms with van der Waals surface area (Å²) in [6.07, 6.45) is 1.51. The molecule has 0 unspecified atom stereocenters. The molecular weight excluding hydrogens is 414 g/mol. The second-order valence-corrected chi connectivity index (χ2v) is 9.13. The van der Waals surface area contributed by atoms with Crippen LogP contribution in [0.2, 0.25) is 0 Å². The molecule has 3 heterocycles. The summed E-state index contributed by atoms with van der Waals surface area (Å²) in [5.41, 5.74) is 1.35. The summed E-state index contributed by atoms with van der Waals surface area (Å²) in [6, 6.07) is 7.35. The number of benzene rings is 1. The number of carbonyl (C=O) groups is 1. The molecular formula is C18H19N5O2S3. The summed E-state index contributed by atoms with van der Waals surface area (Å²) in [7, 11) is 1.58. The molecule has 1 fully saturated rings. The SMILES string of the molecule is COc1ccccc1NC(=O)CSc1ncnc2nc(N3CCSCC3)sc12. The number of nitrogens with zero attached hydrogens (tertiary/aromatic N) is 4. The van der Waals surface area contributed by atoms with Gasteiger partial charge in [-0.2, -0.15) is 16.7 Å². The van der Waals surface area contributed by atoms with Crippen molar-refractivity contribution in [2.45, 2.75) is 5.03 Å². The summed E-state index contributed by atoms with van der Waals surface area (Å²) in [5.74, 6) is 3.01. The maximum Gasteiger partial charge on any atom is 0.234 e. The second kappa shape index (κ2) is 8.97. The predicted octanol–water partition coefficient (Wildman–Crippen LogP) is 3.38. The highest BCUT2D eigenvalue weighted by atomic mass is 32.2. The van der Waals surface area contributed by atoms with E-state index in [4.69, 9.17) is 4.74 Å². The van der Waals surface area contributed by atoms with E-state index >= 15 is 0 Å². The summed E-state index contributed by atoms with van der Waals surface area (Å²) in [5, 5.41) is 4.66. The number of thiazole rings is 1. The van der Waals surface area contributed by atoms with Gasteiger partial charge < -0.3 is 15.0 Å². The highest BCUT2D eigenvalue weighted by molar-refractivity contribution is 8.00. The number of hydrogen-bond donors (Lipinski definition) is 1. The Morgan fingerprint density at radius 1 is 1.29 bits per heavy atom. The predicted molar refractivity (Wildman–Crippen MR) is 117 cm³/mol. The van der Waals surface area contributed by atoms with Gasteiger partial charge in [0.05, 0.1) is 18.6 Å². The minimum Gasteiger partial charge on any atom is -0.495 e. The normalized spacial score (nSPS) is 14.2. The van der Waals surface area contributed by atoms with Crippen LogP contribution in [0.1, 0.15) is 0 Å². The van der Waals surface area contributed by atoms with E-state index in [1.165, 1.54) is 18.1 Å². The van der Waals surface area contributed by atoms with Crippen LogP contribution in [0.5, 0.6) is 5.75 Å². The van der Waals surface area contributed by atoms with E-state index in [-0.39, 0.29) is 11.7 Å². The first-order chi connectivity index (χ1) is 13.7. The number of carbonyl (C=O) groups excluding carboxylic acids is 1. The fraction of sp³-hybridized carbons (Fsp3) is 0.333. The molecule has 3 aromatic rings. The van der Waals surface area contributed by atoms with E-state index in [2.05, 4.69) is 25.2 Å². The lowest BCUT2D eigenvalue weighted by molar-refractivity contribution is -0.113. The zero-order chi connectivity index (χ0) is 19.3. The first-order valence-electron chi connectivity index (χ1n) is 8.74. The molecule has 0 bridgehead atoms. The molecule has 0 radical (unpaired) electrons. The van der Waals surface area contributed by atoms with Crippen LogP contribution in [-0.2, 0) is 4.79 Å². The minimum absolute atomic E-state index is 0.112. The van der Waals surface area contributed by atoms with Gasteiger partial charge >= 0.3 is 0 Å². The topological polar surface area (TPSA) is 80.2 Å². The number of hydrogen-bond acceptors (Lipinski definition) is 9. The molecule has 0 spiro atoms. The Labute approximate surface area is 175 Å². The molecule has 4 rings (SSSR count). The molecule has 1 amide bonds. The molecule has 0 atom stereocenters. The molecule has 1 saturated heterocycles. The number of para-hydroxylation sites is 2. The monoisotopic (exact) mass is 433 g/mol. The Bertz CT molecular complexity index is 975. The first-order valence-corrected chi connectivity index (χ1v) is 11.7. The van der Waals surface area contributed by atoms with Gasteiger partial charge in [-0.05, 0) is 12.1 Å². The molecule has 2 aromatic heterocycles. The highest BCUT2D eigenvalue weighted by Crippen LogP contribution is 2.34. The number of nitrogens with one attached hydrogen (secondary N) is 1. The number of aromatic nitrogens is 3. The molecule has 0 saturated carbocycles. The van der Waals surface area contributed by atoms with Crippen molar-refractivity contribution in [1.82, 2.24) is 15.0 Å². The van der Waals surface area contributed by atoms with E-state index in [1.54, 1.807) is 18.4 Å². The summed E-state index contributed by atoms with van der Waals surface area (Å²) >= 11 is 4.96. The lowest BCUT2D eigenvalue weighted by Gasteiger charge is -2.25. The molecule has 28 heavy (non-hydrogen) atoms. The molecule has 146 valence electrons. The van der Waals surface area contributed by atoms with Gasteiger partial charge in [-0.15, -0.1) is 0 Å². The van der Waals surface area contributed by atoms with Gasteiger partial charge in [0, 0.05) is 24.6 Å². The fourth-order valence-electron chi connectivity index (χ4n) is 2.78. The smallest absolute Gasteiger partial charge is 0.234 e. The van der Waals surface area contributed by atoms with Crippen molar-refractivity contribution in [2.75, 3.05) is 47.7 Å². The Morgan fingerprint density at radius 2 is 2.11 bits per heavy atom. The molecule has 10 heteroatoms. The van der Waals surface area contributed by atoms with Crippen molar-refractivity contribution >= 4 is 61.9 Å². The van der Waals surface area contributed by atoms with Crippen molar-refractivity contribution in [3.05, 3.63) is 30.6 Å². The average Bonchev–Trinajstić information content (AvgIpc) is 3.18. The van der Waals surface area contributed by atoms with Crippen molar-refractivity contribution in [3.63, 3.8) is 0 Å². The van der Waals surface area contributed by atoms with Crippen LogP contribution in [-0.4, -0.2) is 58.3 Å². The number of thioether (sulfide) groups is 2. The third kappa shape index (κ3) is 4.34. The maximum absolute atomic E-state index is 12.4. The van der Waals surface area contributed by atoms with Gasteiger partial charge in [-0.1, -0.05) is 35.2 Å². The minimum atomic E-state index is -0.112. The summed E-state index contributed by atoms with van der Waals surface area (Å²) in [4.78, 5) is 28.0. The zero-order valence-electron chi connectivity index (χ0n) is 15.3. The number of amides is 1. The highest BCUT2D eigenvalue weighted by Gasteiger charge is 2.18. The van der Waals surface area contributed by atoms with Crippen LogP contribution in [0, 0.1) is 0 Å². The van der Waals surface area contributed by atoms with Gasteiger partial charge in [-0.25, -0.2) is 9.97 Å². The zero-order valence-corrected chi connectivity index (χ0v) is 17.7. The van der Waals surface area contributed by atoms with Crippen LogP contribution < -0.4 is 15.0 Å². The van der Waals surface area contributed by atoms with Crippen LogP contribution in [0.25, 0.3) is 10.3 Å². The number of fused-ring (bicyclic) bond motifs is 1. The van der Waals surface area contributed by atoms with Crippen molar-refractivity contribution in [1.29, 1.82) is 0 Å². The quantitative estimate of drug-likeness (QED) is 0.468. The van der Waals surface area contributed by atoms with Gasteiger partial charge in [-0.3, -0.25) is 4.79 Å². The second-order valence-electron chi connectivity index (χ2n) is 5.96. The number of anilines is 2. The standard InChI is InChI=1S/C18H19N5O2S3/c1-25-13-5-3-2-4-12(13)21-14(24)10-27-17-15-16(19-11-20-17)22-18(28-15)23-6-8-26-9-7-23/h2-5,11H,6-10H2,1H3,(H,21,24). The van der Waals surface area contributed by atoms with Gasteiger partial charge in [0.2, 0.25) is 5.91 Å².